The number of carbonyl (C=O) groups is 2. The van der Waals surface area contributed by atoms with Crippen LogP contribution in [0, 0.1) is 5.82 Å². The molecule has 0 bridgehead atoms. The van der Waals surface area contributed by atoms with Crippen molar-refractivity contribution in [2.45, 2.75) is 18.9 Å². The zero-order chi connectivity index (χ0) is 21.6. The molecule has 0 spiro atoms. The van der Waals surface area contributed by atoms with E-state index in [1.54, 1.807) is 12.1 Å². The molecule has 31 heavy (non-hydrogen) atoms. The van der Waals surface area contributed by atoms with Crippen LogP contribution in [0.15, 0.2) is 54.6 Å². The van der Waals surface area contributed by atoms with Crippen LogP contribution in [0.25, 0.3) is 0 Å². The zero-order valence-corrected chi connectivity index (χ0v) is 17.7. The molecule has 2 aliphatic heterocycles. The Kier molecular flexibility index (Phi) is 6.94. The highest BCUT2D eigenvalue weighted by Crippen LogP contribution is 2.24. The molecule has 7 heteroatoms. The second-order valence-corrected chi connectivity index (χ2v) is 8.21. The molecular weight excluding hydrogens is 395 g/mol. The van der Waals surface area contributed by atoms with Crippen LogP contribution in [-0.4, -0.2) is 72.3 Å². The maximum Gasteiger partial charge on any atom is 0.246 e. The van der Waals surface area contributed by atoms with Gasteiger partial charge < -0.3 is 10.2 Å². The molecule has 0 saturated carbocycles. The first-order valence-electron chi connectivity index (χ1n) is 11.0. The van der Waals surface area contributed by atoms with Gasteiger partial charge in [0.25, 0.3) is 0 Å². The minimum atomic E-state index is -0.442. The lowest BCUT2D eigenvalue weighted by atomic mass is 10.0. The molecule has 1 N–H and O–H groups in total. The highest BCUT2D eigenvalue weighted by atomic mass is 19.1. The van der Waals surface area contributed by atoms with E-state index in [1.165, 1.54) is 12.1 Å². The average molecular weight is 425 g/mol. The topological polar surface area (TPSA) is 55.9 Å². The Morgan fingerprint density at radius 2 is 1.52 bits per heavy atom. The normalized spacial score (nSPS) is 18.7. The van der Waals surface area contributed by atoms with Crippen molar-refractivity contribution < 1.29 is 14.0 Å². The molecule has 0 unspecified atom stereocenters. The van der Waals surface area contributed by atoms with E-state index in [4.69, 9.17) is 0 Å². The summed E-state index contributed by atoms with van der Waals surface area (Å²) in [6.45, 7) is 5.08. The molecule has 2 aromatic carbocycles. The zero-order valence-electron chi connectivity index (χ0n) is 17.7. The van der Waals surface area contributed by atoms with Crippen LogP contribution in [0.3, 0.4) is 0 Å². The molecule has 0 aliphatic carbocycles. The summed E-state index contributed by atoms with van der Waals surface area (Å²) in [5.74, 6) is -0.267. The maximum absolute atomic E-state index is 13.2. The van der Waals surface area contributed by atoms with E-state index >= 15 is 0 Å². The lowest BCUT2D eigenvalue weighted by Crippen LogP contribution is -2.52. The first-order chi connectivity index (χ1) is 15.1. The predicted octanol–water partition coefficient (Wildman–Crippen LogP) is 2.75. The minimum Gasteiger partial charge on any atom is -0.342 e. The fourth-order valence-electron chi connectivity index (χ4n) is 4.34. The van der Waals surface area contributed by atoms with E-state index in [2.05, 4.69) is 15.1 Å². The third-order valence-electron chi connectivity index (χ3n) is 6.07. The van der Waals surface area contributed by atoms with Crippen LogP contribution in [-0.2, 0) is 9.59 Å². The Labute approximate surface area is 182 Å². The number of amides is 2. The van der Waals surface area contributed by atoms with Gasteiger partial charge in [-0.05, 0) is 42.7 Å². The fraction of sp³-hybridized carbons (Fsp3) is 0.417. The molecular formula is C24H29FN4O2. The van der Waals surface area contributed by atoms with E-state index < -0.39 is 6.04 Å². The Morgan fingerprint density at radius 3 is 2.16 bits per heavy atom. The summed E-state index contributed by atoms with van der Waals surface area (Å²) in [6, 6.07) is 15.1. The van der Waals surface area contributed by atoms with Gasteiger partial charge in [0, 0.05) is 45.0 Å². The summed E-state index contributed by atoms with van der Waals surface area (Å²) < 4.78 is 13.2. The molecule has 2 aliphatic rings. The van der Waals surface area contributed by atoms with E-state index in [0.29, 0.717) is 25.3 Å². The smallest absolute Gasteiger partial charge is 0.246 e. The van der Waals surface area contributed by atoms with Gasteiger partial charge in [0.15, 0.2) is 0 Å². The lowest BCUT2D eigenvalue weighted by molar-refractivity contribution is -0.132. The Bertz CT molecular complexity index is 876. The molecule has 2 fully saturated rings. The second kappa shape index (κ2) is 10.0. The largest absolute Gasteiger partial charge is 0.342 e. The molecule has 0 aromatic heterocycles. The molecule has 2 saturated heterocycles. The van der Waals surface area contributed by atoms with Gasteiger partial charge in [-0.1, -0.05) is 30.3 Å². The van der Waals surface area contributed by atoms with Gasteiger partial charge in [0.1, 0.15) is 11.9 Å². The van der Waals surface area contributed by atoms with E-state index in [-0.39, 0.29) is 17.6 Å². The number of benzene rings is 2. The predicted molar refractivity (Wildman–Crippen MR) is 118 cm³/mol. The van der Waals surface area contributed by atoms with Crippen LogP contribution in [0.1, 0.15) is 24.4 Å². The molecule has 4 rings (SSSR count). The highest BCUT2D eigenvalue weighted by molar-refractivity contribution is 5.95. The number of piperazine rings is 1. The Balaban J connectivity index is 1.41. The highest BCUT2D eigenvalue weighted by Gasteiger charge is 2.31. The van der Waals surface area contributed by atoms with Gasteiger partial charge in [-0.3, -0.25) is 19.4 Å². The molecule has 2 aromatic rings. The summed E-state index contributed by atoms with van der Waals surface area (Å²) in [7, 11) is 0. The lowest BCUT2D eigenvalue weighted by Gasteiger charge is -2.39. The summed E-state index contributed by atoms with van der Waals surface area (Å²) in [4.78, 5) is 32.0. The van der Waals surface area contributed by atoms with Crippen molar-refractivity contribution in [3.8, 4) is 0 Å². The van der Waals surface area contributed by atoms with Crippen LogP contribution >= 0.6 is 0 Å². The van der Waals surface area contributed by atoms with Crippen molar-refractivity contribution in [1.82, 2.24) is 14.7 Å². The van der Waals surface area contributed by atoms with Gasteiger partial charge in [0.2, 0.25) is 11.8 Å². The second-order valence-electron chi connectivity index (χ2n) is 8.21. The van der Waals surface area contributed by atoms with Crippen molar-refractivity contribution in [1.29, 1.82) is 0 Å². The first-order valence-corrected chi connectivity index (χ1v) is 11.0. The quantitative estimate of drug-likeness (QED) is 0.775. The van der Waals surface area contributed by atoms with Crippen LogP contribution in [0.2, 0.25) is 0 Å². The Hall–Kier alpha value is -2.77. The Morgan fingerprint density at radius 1 is 0.871 bits per heavy atom. The van der Waals surface area contributed by atoms with Crippen molar-refractivity contribution in [2.75, 3.05) is 51.1 Å². The van der Waals surface area contributed by atoms with E-state index in [0.717, 1.165) is 44.6 Å². The molecule has 0 radical (unpaired) electrons. The maximum atomic E-state index is 13.2. The fourth-order valence-corrected chi connectivity index (χ4v) is 4.34. The number of rotatable bonds is 6. The van der Waals surface area contributed by atoms with E-state index in [9.17, 15) is 14.0 Å². The molecule has 6 nitrogen and oxygen atoms in total. The number of carbonyl (C=O) groups excluding carboxylic acids is 2. The number of likely N-dealkylation sites (tertiary alicyclic amines) is 1. The summed E-state index contributed by atoms with van der Waals surface area (Å²) in [5.41, 5.74) is 1.49. The molecule has 164 valence electrons. The molecule has 2 amide bonds. The van der Waals surface area contributed by atoms with Gasteiger partial charge in [0.05, 0.1) is 6.54 Å². The monoisotopic (exact) mass is 424 g/mol. The van der Waals surface area contributed by atoms with Crippen LogP contribution < -0.4 is 5.32 Å². The number of nitrogens with one attached hydrogen (secondary N) is 1. The van der Waals surface area contributed by atoms with Gasteiger partial charge in [-0.15, -0.1) is 0 Å². The summed E-state index contributed by atoms with van der Waals surface area (Å²) >= 11 is 0. The molecule has 2 heterocycles. The van der Waals surface area contributed by atoms with Gasteiger partial charge in [-0.25, -0.2) is 4.39 Å². The SMILES string of the molecule is O=C(Nc1ccc(F)cc1)[C@@H](c1ccccc1)N1CCN(CC(=O)N2CCCC2)CC1. The third-order valence-corrected chi connectivity index (χ3v) is 6.07. The van der Waals surface area contributed by atoms with Gasteiger partial charge in [-0.2, -0.15) is 0 Å². The van der Waals surface area contributed by atoms with Crippen LogP contribution in [0.5, 0.6) is 0 Å². The number of halogens is 1. The standard InChI is InChI=1S/C24H29FN4O2/c25-20-8-10-21(11-9-20)26-24(31)23(19-6-2-1-3-7-19)29-16-14-27(15-17-29)18-22(30)28-12-4-5-13-28/h1-3,6-11,23H,4-5,12-18H2,(H,26,31)/t23-/m1/s1. The summed E-state index contributed by atoms with van der Waals surface area (Å²) in [5, 5.41) is 2.92. The average Bonchev–Trinajstić information content (AvgIpc) is 3.33. The first kappa shape index (κ1) is 21.5. The number of hydrogen-bond donors (Lipinski definition) is 1. The van der Waals surface area contributed by atoms with E-state index in [1.807, 2.05) is 35.2 Å². The number of nitrogens with zero attached hydrogens (tertiary/aromatic N) is 3. The number of anilines is 1. The van der Waals surface area contributed by atoms with Crippen LogP contribution in [0.4, 0.5) is 10.1 Å². The van der Waals surface area contributed by atoms with Crippen molar-refractivity contribution >= 4 is 17.5 Å². The van der Waals surface area contributed by atoms with Crippen molar-refractivity contribution in [3.05, 3.63) is 66.0 Å². The van der Waals surface area contributed by atoms with Gasteiger partial charge >= 0.3 is 0 Å². The number of hydrogen-bond acceptors (Lipinski definition) is 4. The molecule has 1 atom stereocenters. The third kappa shape index (κ3) is 5.48. The van der Waals surface area contributed by atoms with Crippen molar-refractivity contribution in [3.63, 3.8) is 0 Å². The van der Waals surface area contributed by atoms with Crippen molar-refractivity contribution in [2.24, 2.45) is 0 Å². The summed E-state index contributed by atoms with van der Waals surface area (Å²) in [6.07, 6.45) is 2.20. The minimum absolute atomic E-state index is 0.139.